The van der Waals surface area contributed by atoms with Gasteiger partial charge in [-0.05, 0) is 42.7 Å². The van der Waals surface area contributed by atoms with Crippen LogP contribution in [0.1, 0.15) is 24.5 Å². The Morgan fingerprint density at radius 2 is 2.12 bits per heavy atom. The summed E-state index contributed by atoms with van der Waals surface area (Å²) in [6, 6.07) is 5.87. The molecular formula is C14H18O3. The molecule has 3 nitrogen and oxygen atoms in total. The van der Waals surface area contributed by atoms with E-state index in [0.29, 0.717) is 6.61 Å². The Kier molecular flexibility index (Phi) is 5.27. The summed E-state index contributed by atoms with van der Waals surface area (Å²) in [5, 5.41) is 0. The van der Waals surface area contributed by atoms with E-state index in [1.807, 2.05) is 25.1 Å². The van der Waals surface area contributed by atoms with Crippen LogP contribution in [0.3, 0.4) is 0 Å². The number of carbonyl (C=O) groups excluding carboxylic acids is 1. The summed E-state index contributed by atoms with van der Waals surface area (Å²) in [6.45, 7) is 4.76. The molecule has 92 valence electrons. The fraction of sp³-hybridized carbons (Fsp3) is 0.357. The zero-order valence-electron chi connectivity index (χ0n) is 10.5. The van der Waals surface area contributed by atoms with Gasteiger partial charge in [-0.15, -0.1) is 0 Å². The van der Waals surface area contributed by atoms with Gasteiger partial charge in [-0.25, -0.2) is 4.79 Å². The minimum atomic E-state index is -0.359. The molecule has 0 N–H and O–H groups in total. The fourth-order valence-electron chi connectivity index (χ4n) is 1.41. The third-order valence-corrected chi connectivity index (χ3v) is 2.16. The third-order valence-electron chi connectivity index (χ3n) is 2.16. The van der Waals surface area contributed by atoms with Crippen LogP contribution in [0, 0.1) is 6.92 Å². The van der Waals surface area contributed by atoms with Gasteiger partial charge in [0, 0.05) is 6.08 Å². The Labute approximate surface area is 102 Å². The first kappa shape index (κ1) is 13.3. The maximum absolute atomic E-state index is 11.0. The first-order chi connectivity index (χ1) is 8.15. The Bertz CT molecular complexity index is 408. The number of benzene rings is 1. The number of hydrogen-bond acceptors (Lipinski definition) is 3. The Morgan fingerprint density at radius 3 is 2.76 bits per heavy atom. The molecule has 0 aliphatic carbocycles. The van der Waals surface area contributed by atoms with Crippen molar-refractivity contribution in [2.45, 2.75) is 20.3 Å². The molecule has 0 radical (unpaired) electrons. The summed E-state index contributed by atoms with van der Waals surface area (Å²) in [5.74, 6) is 0.471. The zero-order chi connectivity index (χ0) is 12.7. The van der Waals surface area contributed by atoms with E-state index < -0.39 is 0 Å². The van der Waals surface area contributed by atoms with E-state index in [4.69, 9.17) is 4.74 Å². The maximum Gasteiger partial charge on any atom is 0.330 e. The predicted molar refractivity (Wildman–Crippen MR) is 68.0 cm³/mol. The fourth-order valence-corrected chi connectivity index (χ4v) is 1.41. The highest BCUT2D eigenvalue weighted by Crippen LogP contribution is 2.18. The molecule has 3 heteroatoms. The minimum absolute atomic E-state index is 0.359. The van der Waals surface area contributed by atoms with Gasteiger partial charge >= 0.3 is 5.97 Å². The van der Waals surface area contributed by atoms with Crippen molar-refractivity contribution in [3.8, 4) is 5.75 Å². The van der Waals surface area contributed by atoms with E-state index >= 15 is 0 Å². The van der Waals surface area contributed by atoms with Gasteiger partial charge in [0.15, 0.2) is 0 Å². The van der Waals surface area contributed by atoms with Gasteiger partial charge in [0.1, 0.15) is 5.75 Å². The van der Waals surface area contributed by atoms with Crippen LogP contribution >= 0.6 is 0 Å². The molecule has 0 saturated carbocycles. The molecule has 0 saturated heterocycles. The van der Waals surface area contributed by atoms with E-state index in [2.05, 4.69) is 11.7 Å². The standard InChI is InChI=1S/C14H18O3/c1-4-7-17-13-9-11(2)8-12(10-13)5-6-14(15)16-3/h5-6,8-10H,4,7H2,1-3H3/b6-5-. The van der Waals surface area contributed by atoms with Crippen molar-refractivity contribution in [2.24, 2.45) is 0 Å². The predicted octanol–water partition coefficient (Wildman–Crippen LogP) is 2.97. The molecule has 0 fully saturated rings. The van der Waals surface area contributed by atoms with Crippen molar-refractivity contribution in [2.75, 3.05) is 13.7 Å². The van der Waals surface area contributed by atoms with Crippen molar-refractivity contribution >= 4 is 12.0 Å². The first-order valence-electron chi connectivity index (χ1n) is 5.66. The van der Waals surface area contributed by atoms with Gasteiger partial charge in [0.25, 0.3) is 0 Å². The van der Waals surface area contributed by atoms with Crippen LogP contribution in [0.25, 0.3) is 6.08 Å². The lowest BCUT2D eigenvalue weighted by atomic mass is 10.1. The average Bonchev–Trinajstić information content (AvgIpc) is 2.32. The van der Waals surface area contributed by atoms with Crippen LogP contribution < -0.4 is 4.74 Å². The highest BCUT2D eigenvalue weighted by atomic mass is 16.5. The van der Waals surface area contributed by atoms with Gasteiger partial charge < -0.3 is 9.47 Å². The molecule has 17 heavy (non-hydrogen) atoms. The average molecular weight is 234 g/mol. The number of aryl methyl sites for hydroxylation is 1. The molecule has 0 aromatic heterocycles. The van der Waals surface area contributed by atoms with Gasteiger partial charge in [-0.3, -0.25) is 0 Å². The molecule has 0 unspecified atom stereocenters. The quantitative estimate of drug-likeness (QED) is 0.580. The molecule has 1 aromatic carbocycles. The number of carbonyl (C=O) groups is 1. The van der Waals surface area contributed by atoms with Crippen molar-refractivity contribution in [1.29, 1.82) is 0 Å². The van der Waals surface area contributed by atoms with Crippen LogP contribution in [0.4, 0.5) is 0 Å². The second-order valence-electron chi connectivity index (χ2n) is 3.78. The van der Waals surface area contributed by atoms with Crippen LogP contribution in [-0.2, 0) is 9.53 Å². The number of ether oxygens (including phenoxy) is 2. The topological polar surface area (TPSA) is 35.5 Å². The maximum atomic E-state index is 11.0. The van der Waals surface area contributed by atoms with E-state index in [9.17, 15) is 4.79 Å². The summed E-state index contributed by atoms with van der Waals surface area (Å²) < 4.78 is 10.1. The normalized spacial score (nSPS) is 10.5. The summed E-state index contributed by atoms with van der Waals surface area (Å²) in [6.07, 6.45) is 4.09. The van der Waals surface area contributed by atoms with Gasteiger partial charge in [0.2, 0.25) is 0 Å². The zero-order valence-corrected chi connectivity index (χ0v) is 10.5. The van der Waals surface area contributed by atoms with E-state index in [1.165, 1.54) is 13.2 Å². The molecular weight excluding hydrogens is 216 g/mol. The summed E-state index contributed by atoms with van der Waals surface area (Å²) >= 11 is 0. The van der Waals surface area contributed by atoms with Crippen molar-refractivity contribution in [3.63, 3.8) is 0 Å². The van der Waals surface area contributed by atoms with Gasteiger partial charge in [-0.1, -0.05) is 13.0 Å². The Hall–Kier alpha value is -1.77. The van der Waals surface area contributed by atoms with Crippen molar-refractivity contribution in [3.05, 3.63) is 35.4 Å². The second-order valence-corrected chi connectivity index (χ2v) is 3.78. The molecule has 1 aromatic rings. The number of esters is 1. The van der Waals surface area contributed by atoms with Crippen molar-refractivity contribution in [1.82, 2.24) is 0 Å². The highest BCUT2D eigenvalue weighted by Gasteiger charge is 1.98. The van der Waals surface area contributed by atoms with E-state index in [0.717, 1.165) is 23.3 Å². The van der Waals surface area contributed by atoms with E-state index in [1.54, 1.807) is 6.08 Å². The Morgan fingerprint density at radius 1 is 1.35 bits per heavy atom. The highest BCUT2D eigenvalue weighted by molar-refractivity contribution is 5.87. The molecule has 0 bridgehead atoms. The van der Waals surface area contributed by atoms with Crippen LogP contribution in [-0.4, -0.2) is 19.7 Å². The van der Waals surface area contributed by atoms with Crippen LogP contribution in [0.2, 0.25) is 0 Å². The first-order valence-corrected chi connectivity index (χ1v) is 5.66. The lowest BCUT2D eigenvalue weighted by molar-refractivity contribution is -0.134. The molecule has 0 amide bonds. The SMILES string of the molecule is CCCOc1cc(C)cc(/C=C\C(=O)OC)c1. The van der Waals surface area contributed by atoms with Gasteiger partial charge in [0.05, 0.1) is 13.7 Å². The lowest BCUT2D eigenvalue weighted by Gasteiger charge is -2.06. The van der Waals surface area contributed by atoms with E-state index in [-0.39, 0.29) is 5.97 Å². The molecule has 0 atom stereocenters. The Balaban J connectivity index is 2.81. The largest absolute Gasteiger partial charge is 0.494 e. The third kappa shape index (κ3) is 4.72. The smallest absolute Gasteiger partial charge is 0.330 e. The second kappa shape index (κ2) is 6.74. The van der Waals surface area contributed by atoms with Crippen LogP contribution in [0.5, 0.6) is 5.75 Å². The van der Waals surface area contributed by atoms with Gasteiger partial charge in [-0.2, -0.15) is 0 Å². The molecule has 0 heterocycles. The molecule has 1 rings (SSSR count). The summed E-state index contributed by atoms with van der Waals surface area (Å²) in [5.41, 5.74) is 2.03. The molecule has 0 spiro atoms. The number of methoxy groups -OCH3 is 1. The molecule has 0 aliphatic rings. The van der Waals surface area contributed by atoms with Crippen LogP contribution in [0.15, 0.2) is 24.3 Å². The minimum Gasteiger partial charge on any atom is -0.494 e. The number of hydrogen-bond donors (Lipinski definition) is 0. The summed E-state index contributed by atoms with van der Waals surface area (Å²) in [4.78, 5) is 11.0. The lowest BCUT2D eigenvalue weighted by Crippen LogP contribution is -1.96. The van der Waals surface area contributed by atoms with Crippen molar-refractivity contribution < 1.29 is 14.3 Å². The molecule has 0 aliphatic heterocycles. The monoisotopic (exact) mass is 234 g/mol. The summed E-state index contributed by atoms with van der Waals surface area (Å²) in [7, 11) is 1.36. The number of rotatable bonds is 5.